The first kappa shape index (κ1) is 24.0. The Morgan fingerprint density at radius 3 is 2.26 bits per heavy atom. The summed E-state index contributed by atoms with van der Waals surface area (Å²) in [5, 5.41) is 33.1. The van der Waals surface area contributed by atoms with Crippen LogP contribution in [0.25, 0.3) is 0 Å². The van der Waals surface area contributed by atoms with Crippen molar-refractivity contribution in [2.45, 2.75) is 124 Å². The Hall–Kier alpha value is -0.120. The molecule has 4 aliphatic rings. The molecule has 3 nitrogen and oxygen atoms in total. The zero-order valence-corrected chi connectivity index (χ0v) is 21.1. The summed E-state index contributed by atoms with van der Waals surface area (Å²) < 4.78 is 0. The SMILES string of the molecule is CC(C)[C@@H](C)CC[C@@H](C)C1CCC2C3C[C@@H](O)[C@@]4(O)C[C@@H](O)CC[C@]4(C)C3CC[C@@]21C. The zero-order chi connectivity index (χ0) is 22.8. The van der Waals surface area contributed by atoms with Gasteiger partial charge >= 0.3 is 0 Å². The molecule has 0 aromatic carbocycles. The van der Waals surface area contributed by atoms with Crippen LogP contribution in [0.4, 0.5) is 0 Å². The van der Waals surface area contributed by atoms with E-state index in [9.17, 15) is 15.3 Å². The van der Waals surface area contributed by atoms with Gasteiger partial charge in [-0.25, -0.2) is 0 Å². The van der Waals surface area contributed by atoms with E-state index in [-0.39, 0.29) is 5.41 Å². The van der Waals surface area contributed by atoms with Crippen molar-refractivity contribution in [3.05, 3.63) is 0 Å². The van der Waals surface area contributed by atoms with E-state index in [0.717, 1.165) is 42.9 Å². The molecule has 0 aliphatic heterocycles. The second kappa shape index (κ2) is 8.27. The number of aliphatic hydroxyl groups is 3. The van der Waals surface area contributed by atoms with Gasteiger partial charge in [0.25, 0.3) is 0 Å². The fraction of sp³-hybridized carbons (Fsp3) is 1.00. The maximum absolute atomic E-state index is 11.6. The van der Waals surface area contributed by atoms with Crippen LogP contribution in [-0.4, -0.2) is 33.1 Å². The lowest BCUT2D eigenvalue weighted by Crippen LogP contribution is -2.68. The Labute approximate surface area is 191 Å². The summed E-state index contributed by atoms with van der Waals surface area (Å²) in [6, 6.07) is 0. The smallest absolute Gasteiger partial charge is 0.0985 e. The van der Waals surface area contributed by atoms with E-state index in [1.807, 2.05) is 0 Å². The Morgan fingerprint density at radius 1 is 0.871 bits per heavy atom. The molecule has 0 spiro atoms. The van der Waals surface area contributed by atoms with Gasteiger partial charge in [0.2, 0.25) is 0 Å². The predicted octanol–water partition coefficient (Wildman–Crippen LogP) is 5.80. The van der Waals surface area contributed by atoms with Crippen molar-refractivity contribution in [2.24, 2.45) is 52.3 Å². The summed E-state index contributed by atoms with van der Waals surface area (Å²) in [6.07, 6.45) is 9.33. The van der Waals surface area contributed by atoms with E-state index in [1.165, 1.54) is 38.5 Å². The van der Waals surface area contributed by atoms with Crippen molar-refractivity contribution < 1.29 is 15.3 Å². The van der Waals surface area contributed by atoms with Crippen molar-refractivity contribution in [3.8, 4) is 0 Å². The third kappa shape index (κ3) is 3.64. The highest BCUT2D eigenvalue weighted by molar-refractivity contribution is 5.17. The third-order valence-corrected chi connectivity index (χ3v) is 11.8. The van der Waals surface area contributed by atoms with Crippen molar-refractivity contribution in [2.75, 3.05) is 0 Å². The highest BCUT2D eigenvalue weighted by Crippen LogP contribution is 2.69. The number of aliphatic hydroxyl groups excluding tert-OH is 2. The summed E-state index contributed by atoms with van der Waals surface area (Å²) in [7, 11) is 0. The van der Waals surface area contributed by atoms with Gasteiger partial charge in [0.05, 0.1) is 17.8 Å². The largest absolute Gasteiger partial charge is 0.393 e. The van der Waals surface area contributed by atoms with Gasteiger partial charge in [0.15, 0.2) is 0 Å². The van der Waals surface area contributed by atoms with Crippen LogP contribution in [0.5, 0.6) is 0 Å². The number of rotatable bonds is 5. The van der Waals surface area contributed by atoms with Crippen LogP contribution < -0.4 is 0 Å². The van der Waals surface area contributed by atoms with Crippen LogP contribution in [0, 0.1) is 52.3 Å². The van der Waals surface area contributed by atoms with E-state index in [1.54, 1.807) is 0 Å². The molecule has 4 unspecified atom stereocenters. The topological polar surface area (TPSA) is 60.7 Å². The zero-order valence-electron chi connectivity index (χ0n) is 21.1. The molecule has 4 rings (SSSR count). The molecule has 11 atom stereocenters. The molecule has 4 aliphatic carbocycles. The van der Waals surface area contributed by atoms with Gasteiger partial charge in [-0.05, 0) is 91.8 Å². The van der Waals surface area contributed by atoms with E-state index in [4.69, 9.17) is 0 Å². The predicted molar refractivity (Wildman–Crippen MR) is 126 cm³/mol. The second-order valence-electron chi connectivity index (χ2n) is 13.4. The molecule has 0 amide bonds. The number of hydrogen-bond acceptors (Lipinski definition) is 3. The van der Waals surface area contributed by atoms with E-state index in [2.05, 4.69) is 41.5 Å². The molecule has 0 saturated heterocycles. The molecule has 31 heavy (non-hydrogen) atoms. The standard InChI is InChI=1S/C28H50O3/c1-17(2)18(3)7-8-19(4)22-9-10-23-21-15-25(30)28(31)16-20(29)11-14-27(28,6)24(21)12-13-26(22,23)5/h17-25,29-31H,7-16H2,1-6H3/t18-,19+,20-,21?,22?,23?,24?,25+,26+,27+,28-/m0/s1. The fourth-order valence-electron chi connectivity index (χ4n) is 9.30. The number of hydrogen-bond donors (Lipinski definition) is 3. The van der Waals surface area contributed by atoms with Crippen LogP contribution in [0.15, 0.2) is 0 Å². The van der Waals surface area contributed by atoms with Gasteiger partial charge in [0, 0.05) is 11.8 Å². The molecule has 0 aromatic rings. The van der Waals surface area contributed by atoms with Gasteiger partial charge in [-0.2, -0.15) is 0 Å². The van der Waals surface area contributed by atoms with Gasteiger partial charge in [0.1, 0.15) is 0 Å². The van der Waals surface area contributed by atoms with Crippen LogP contribution in [0.1, 0.15) is 106 Å². The normalized spacial score (nSPS) is 51.7. The van der Waals surface area contributed by atoms with Crippen molar-refractivity contribution in [1.29, 1.82) is 0 Å². The minimum atomic E-state index is -1.11. The summed E-state index contributed by atoms with van der Waals surface area (Å²) in [5.74, 6) is 4.85. The quantitative estimate of drug-likeness (QED) is 0.512. The second-order valence-corrected chi connectivity index (χ2v) is 13.4. The molecule has 0 aromatic heterocycles. The summed E-state index contributed by atoms with van der Waals surface area (Å²) in [5.41, 5.74) is -0.981. The average Bonchev–Trinajstić information content (AvgIpc) is 3.05. The highest BCUT2D eigenvalue weighted by atomic mass is 16.3. The van der Waals surface area contributed by atoms with E-state index >= 15 is 0 Å². The van der Waals surface area contributed by atoms with Crippen molar-refractivity contribution in [3.63, 3.8) is 0 Å². The van der Waals surface area contributed by atoms with Gasteiger partial charge < -0.3 is 15.3 Å². The maximum atomic E-state index is 11.6. The first-order valence-electron chi connectivity index (χ1n) is 13.5. The molecular formula is C28H50O3. The van der Waals surface area contributed by atoms with Gasteiger partial charge in [-0.1, -0.05) is 54.4 Å². The third-order valence-electron chi connectivity index (χ3n) is 11.8. The maximum Gasteiger partial charge on any atom is 0.0985 e. The lowest BCUT2D eigenvalue weighted by molar-refractivity contribution is -0.264. The molecule has 3 heteroatoms. The van der Waals surface area contributed by atoms with Crippen LogP contribution in [0.3, 0.4) is 0 Å². The first-order valence-corrected chi connectivity index (χ1v) is 13.5. The molecule has 0 bridgehead atoms. The van der Waals surface area contributed by atoms with Gasteiger partial charge in [-0.3, -0.25) is 0 Å². The van der Waals surface area contributed by atoms with E-state index in [0.29, 0.717) is 29.6 Å². The Kier molecular flexibility index (Phi) is 6.41. The minimum Gasteiger partial charge on any atom is -0.393 e. The first-order chi connectivity index (χ1) is 14.4. The Morgan fingerprint density at radius 2 is 1.58 bits per heavy atom. The monoisotopic (exact) mass is 434 g/mol. The molecule has 0 radical (unpaired) electrons. The van der Waals surface area contributed by atoms with E-state index < -0.39 is 17.8 Å². The molecule has 3 N–H and O–H groups in total. The van der Waals surface area contributed by atoms with Crippen molar-refractivity contribution in [1.82, 2.24) is 0 Å². The summed E-state index contributed by atoms with van der Waals surface area (Å²) in [4.78, 5) is 0. The lowest BCUT2D eigenvalue weighted by atomic mass is 9.42. The number of fused-ring (bicyclic) bond motifs is 5. The minimum absolute atomic E-state index is 0.258. The van der Waals surface area contributed by atoms with Crippen LogP contribution >= 0.6 is 0 Å². The highest BCUT2D eigenvalue weighted by Gasteiger charge is 2.67. The summed E-state index contributed by atoms with van der Waals surface area (Å²) >= 11 is 0. The molecule has 180 valence electrons. The molecule has 4 saturated carbocycles. The summed E-state index contributed by atoms with van der Waals surface area (Å²) in [6.45, 7) is 14.4. The fourth-order valence-corrected chi connectivity index (χ4v) is 9.30. The van der Waals surface area contributed by atoms with Crippen molar-refractivity contribution >= 4 is 0 Å². The molecule has 4 fully saturated rings. The van der Waals surface area contributed by atoms with Crippen LogP contribution in [-0.2, 0) is 0 Å². The van der Waals surface area contributed by atoms with Crippen LogP contribution in [0.2, 0.25) is 0 Å². The Balaban J connectivity index is 1.52. The Bertz CT molecular complexity index is 648. The van der Waals surface area contributed by atoms with Gasteiger partial charge in [-0.15, -0.1) is 0 Å². The molecule has 0 heterocycles. The molecular weight excluding hydrogens is 384 g/mol. The lowest BCUT2D eigenvalue weighted by Gasteiger charge is -2.65. The average molecular weight is 435 g/mol.